The Balaban J connectivity index is 0.00000160. The van der Waals surface area contributed by atoms with Crippen molar-refractivity contribution < 1.29 is 0 Å². The number of benzene rings is 1. The molecule has 1 saturated heterocycles. The highest BCUT2D eigenvalue weighted by molar-refractivity contribution is 8.00. The molecule has 37 heavy (non-hydrogen) atoms. The average molecular weight is 608 g/mol. The summed E-state index contributed by atoms with van der Waals surface area (Å²) in [7, 11) is 0. The van der Waals surface area contributed by atoms with Gasteiger partial charge in [-0.3, -0.25) is 4.98 Å². The van der Waals surface area contributed by atoms with E-state index in [9.17, 15) is 0 Å². The molecule has 0 unspecified atom stereocenters. The molecule has 0 spiro atoms. The van der Waals surface area contributed by atoms with Gasteiger partial charge >= 0.3 is 0 Å². The van der Waals surface area contributed by atoms with Crippen molar-refractivity contribution in [3.8, 4) is 0 Å². The number of anilines is 2. The van der Waals surface area contributed by atoms with Gasteiger partial charge in [0.2, 0.25) is 5.13 Å². The Morgan fingerprint density at radius 1 is 0.919 bits per heavy atom. The van der Waals surface area contributed by atoms with Crippen molar-refractivity contribution in [2.75, 3.05) is 18.4 Å². The number of thiophene rings is 1. The van der Waals surface area contributed by atoms with Crippen molar-refractivity contribution in [1.29, 1.82) is 0 Å². The Bertz CT molecular complexity index is 1440. The number of piperidine rings is 1. The van der Waals surface area contributed by atoms with Crippen molar-refractivity contribution in [3.63, 3.8) is 0 Å². The zero-order valence-electron chi connectivity index (χ0n) is 19.5. The molecule has 1 aliphatic heterocycles. The number of nitrogens with one attached hydrogen (secondary N) is 2. The second-order valence-corrected chi connectivity index (χ2v) is 12.0. The molecule has 0 bridgehead atoms. The molecule has 0 atom stereocenters. The van der Waals surface area contributed by atoms with E-state index in [1.54, 1.807) is 34.9 Å². The standard InChI is InChI=1S/C25H22N6S4.2ClH/c1-2-4-17(5-3-1)33-21-14-18(34-20-8-12-27-19-9-13-32-22(19)20)15-28-24(21)30-25-29-23(31-35-25)16-6-10-26-11-7-16;;/h1-5,8-9,12-16,26H,6-7,10-11H2,(H,28,29,30,31);2*1H. The maximum atomic E-state index is 4.82. The van der Waals surface area contributed by atoms with Gasteiger partial charge in [-0.25, -0.2) is 9.97 Å². The van der Waals surface area contributed by atoms with E-state index in [1.165, 1.54) is 21.1 Å². The van der Waals surface area contributed by atoms with Crippen molar-refractivity contribution >= 4 is 92.4 Å². The quantitative estimate of drug-likeness (QED) is 0.193. The van der Waals surface area contributed by atoms with Crippen LogP contribution >= 0.6 is 71.2 Å². The van der Waals surface area contributed by atoms with Gasteiger partial charge in [-0.2, -0.15) is 4.37 Å². The third kappa shape index (κ3) is 6.75. The molecule has 5 heterocycles. The van der Waals surface area contributed by atoms with Gasteiger partial charge in [0.1, 0.15) is 11.6 Å². The van der Waals surface area contributed by atoms with Crippen LogP contribution < -0.4 is 10.6 Å². The normalized spacial score (nSPS) is 13.6. The maximum absolute atomic E-state index is 4.82. The van der Waals surface area contributed by atoms with E-state index >= 15 is 0 Å². The van der Waals surface area contributed by atoms with Gasteiger partial charge in [-0.05, 0) is 61.6 Å². The highest BCUT2D eigenvalue weighted by Crippen LogP contribution is 2.40. The minimum Gasteiger partial charge on any atom is -0.317 e. The molecule has 0 amide bonds. The van der Waals surface area contributed by atoms with Gasteiger partial charge in [0, 0.05) is 44.5 Å². The lowest BCUT2D eigenvalue weighted by atomic mass is 9.98. The molecule has 192 valence electrons. The second kappa shape index (κ2) is 13.2. The van der Waals surface area contributed by atoms with Crippen LogP contribution in [0.4, 0.5) is 10.9 Å². The molecular formula is C25H24Cl2N6S4. The SMILES string of the molecule is Cl.Cl.c1ccc(Sc2cc(Sc3ccnc4ccsc34)cnc2Nc2nc(C3CCNCC3)ns2)cc1. The molecule has 0 aliphatic carbocycles. The largest absolute Gasteiger partial charge is 0.317 e. The van der Waals surface area contributed by atoms with Crippen LogP contribution in [-0.4, -0.2) is 32.4 Å². The van der Waals surface area contributed by atoms with Crippen molar-refractivity contribution in [2.24, 2.45) is 0 Å². The number of pyridine rings is 2. The third-order valence-corrected chi connectivity index (χ3v) is 9.47. The fourth-order valence-electron chi connectivity index (χ4n) is 3.96. The summed E-state index contributed by atoms with van der Waals surface area (Å²) in [5, 5.41) is 9.73. The molecule has 6 nitrogen and oxygen atoms in total. The molecule has 2 N–H and O–H groups in total. The molecule has 1 aromatic carbocycles. The van der Waals surface area contributed by atoms with E-state index in [2.05, 4.69) is 67.8 Å². The lowest BCUT2D eigenvalue weighted by Crippen LogP contribution is -2.27. The zero-order chi connectivity index (χ0) is 23.5. The highest BCUT2D eigenvalue weighted by Gasteiger charge is 2.20. The van der Waals surface area contributed by atoms with Gasteiger partial charge < -0.3 is 10.6 Å². The summed E-state index contributed by atoms with van der Waals surface area (Å²) >= 11 is 6.55. The number of nitrogens with zero attached hydrogens (tertiary/aromatic N) is 4. The van der Waals surface area contributed by atoms with E-state index in [0.29, 0.717) is 5.92 Å². The van der Waals surface area contributed by atoms with Crippen LogP contribution in [-0.2, 0) is 0 Å². The Hall–Kier alpha value is -1.92. The average Bonchev–Trinajstić information content (AvgIpc) is 3.57. The lowest BCUT2D eigenvalue weighted by Gasteiger charge is -2.19. The van der Waals surface area contributed by atoms with Crippen molar-refractivity contribution in [2.45, 2.75) is 38.3 Å². The predicted octanol–water partition coefficient (Wildman–Crippen LogP) is 7.90. The third-order valence-electron chi connectivity index (χ3n) is 5.71. The van der Waals surface area contributed by atoms with Gasteiger partial charge in [0.05, 0.1) is 15.1 Å². The van der Waals surface area contributed by atoms with Gasteiger partial charge in [-0.15, -0.1) is 36.2 Å². The number of aromatic nitrogens is 4. The minimum atomic E-state index is 0. The van der Waals surface area contributed by atoms with E-state index in [0.717, 1.165) is 62.9 Å². The number of rotatable bonds is 7. The van der Waals surface area contributed by atoms with Crippen LogP contribution in [0.25, 0.3) is 10.2 Å². The van der Waals surface area contributed by atoms with Gasteiger partial charge in [0.25, 0.3) is 0 Å². The second-order valence-electron chi connectivity index (χ2n) is 8.09. The van der Waals surface area contributed by atoms with E-state index < -0.39 is 0 Å². The van der Waals surface area contributed by atoms with Crippen LogP contribution in [0, 0.1) is 0 Å². The van der Waals surface area contributed by atoms with Crippen LogP contribution in [0.3, 0.4) is 0 Å². The highest BCUT2D eigenvalue weighted by atomic mass is 35.5. The Labute approximate surface area is 244 Å². The van der Waals surface area contributed by atoms with Gasteiger partial charge in [-0.1, -0.05) is 41.7 Å². The zero-order valence-corrected chi connectivity index (χ0v) is 24.4. The van der Waals surface area contributed by atoms with Crippen molar-refractivity contribution in [3.05, 3.63) is 72.1 Å². The van der Waals surface area contributed by atoms with Gasteiger partial charge in [0.15, 0.2) is 0 Å². The van der Waals surface area contributed by atoms with E-state index in [1.807, 2.05) is 18.5 Å². The lowest BCUT2D eigenvalue weighted by molar-refractivity contribution is 0.448. The molecule has 0 saturated carbocycles. The fraction of sp³-hybridized carbons (Fsp3) is 0.200. The first-order chi connectivity index (χ1) is 17.3. The van der Waals surface area contributed by atoms with Crippen LogP contribution in [0.5, 0.6) is 0 Å². The molecule has 12 heteroatoms. The summed E-state index contributed by atoms with van der Waals surface area (Å²) in [6.07, 6.45) is 5.97. The Kier molecular flexibility index (Phi) is 10.1. The minimum absolute atomic E-state index is 0. The predicted molar refractivity (Wildman–Crippen MR) is 161 cm³/mol. The molecule has 5 aromatic rings. The van der Waals surface area contributed by atoms with Crippen molar-refractivity contribution in [1.82, 2.24) is 24.6 Å². The fourth-order valence-corrected chi connectivity index (χ4v) is 7.50. The topological polar surface area (TPSA) is 75.6 Å². The molecule has 6 rings (SSSR count). The van der Waals surface area contributed by atoms with Crippen LogP contribution in [0.15, 0.2) is 85.9 Å². The maximum Gasteiger partial charge on any atom is 0.208 e. The number of fused-ring (bicyclic) bond motifs is 1. The first-order valence-electron chi connectivity index (χ1n) is 11.4. The monoisotopic (exact) mass is 606 g/mol. The summed E-state index contributed by atoms with van der Waals surface area (Å²) < 4.78 is 5.85. The summed E-state index contributed by atoms with van der Waals surface area (Å²) in [6, 6.07) is 16.7. The van der Waals surface area contributed by atoms with E-state index in [-0.39, 0.29) is 24.8 Å². The summed E-state index contributed by atoms with van der Waals surface area (Å²) in [4.78, 5) is 18.6. The summed E-state index contributed by atoms with van der Waals surface area (Å²) in [6.45, 7) is 2.06. The molecule has 1 fully saturated rings. The summed E-state index contributed by atoms with van der Waals surface area (Å²) in [5.41, 5.74) is 1.03. The number of hydrogen-bond acceptors (Lipinski definition) is 10. The Morgan fingerprint density at radius 2 is 1.73 bits per heavy atom. The first kappa shape index (κ1) is 28.1. The molecule has 4 aromatic heterocycles. The molecular weight excluding hydrogens is 583 g/mol. The number of halogens is 2. The first-order valence-corrected chi connectivity index (χ1v) is 14.6. The Morgan fingerprint density at radius 3 is 2.57 bits per heavy atom. The van der Waals surface area contributed by atoms with Crippen LogP contribution in [0.2, 0.25) is 0 Å². The molecule has 0 radical (unpaired) electrons. The summed E-state index contributed by atoms with van der Waals surface area (Å²) in [5.74, 6) is 2.18. The molecule has 1 aliphatic rings. The smallest absolute Gasteiger partial charge is 0.208 e. The van der Waals surface area contributed by atoms with Crippen LogP contribution in [0.1, 0.15) is 24.6 Å². The number of hydrogen-bond donors (Lipinski definition) is 2. The van der Waals surface area contributed by atoms with E-state index in [4.69, 9.17) is 9.97 Å².